The van der Waals surface area contributed by atoms with Gasteiger partial charge in [0.1, 0.15) is 6.10 Å². The molecule has 0 aliphatic rings. The molecule has 7 nitrogen and oxygen atoms in total. The van der Waals surface area contributed by atoms with Crippen molar-refractivity contribution in [2.24, 2.45) is 13.0 Å². The first-order valence-electron chi connectivity index (χ1n) is 6.43. The summed E-state index contributed by atoms with van der Waals surface area (Å²) in [6, 6.07) is 0. The van der Waals surface area contributed by atoms with E-state index in [4.69, 9.17) is 9.47 Å². The van der Waals surface area contributed by atoms with Crippen molar-refractivity contribution in [2.75, 3.05) is 13.2 Å². The van der Waals surface area contributed by atoms with E-state index in [1.807, 2.05) is 0 Å². The lowest BCUT2D eigenvalue weighted by Crippen LogP contribution is -2.33. The predicted octanol–water partition coefficient (Wildman–Crippen LogP) is 0.504. The van der Waals surface area contributed by atoms with Crippen molar-refractivity contribution < 1.29 is 24.2 Å². The predicted molar refractivity (Wildman–Crippen MR) is 69.7 cm³/mol. The first kappa shape index (κ1) is 16.2. The zero-order valence-electron chi connectivity index (χ0n) is 12.1. The zero-order valence-corrected chi connectivity index (χ0v) is 12.1. The minimum atomic E-state index is -1.40. The van der Waals surface area contributed by atoms with Crippen molar-refractivity contribution >= 4 is 11.9 Å². The molecule has 0 aromatic carbocycles. The van der Waals surface area contributed by atoms with Gasteiger partial charge >= 0.3 is 11.9 Å². The van der Waals surface area contributed by atoms with Gasteiger partial charge < -0.3 is 14.6 Å². The molecule has 20 heavy (non-hydrogen) atoms. The fraction of sp³-hybridized carbons (Fsp3) is 0.615. The van der Waals surface area contributed by atoms with E-state index in [1.165, 1.54) is 6.20 Å². The lowest BCUT2D eigenvalue weighted by Gasteiger charge is -2.19. The summed E-state index contributed by atoms with van der Waals surface area (Å²) in [6.45, 7) is 5.23. The number of esters is 2. The highest BCUT2D eigenvalue weighted by molar-refractivity contribution is 5.95. The third-order valence-electron chi connectivity index (χ3n) is 2.99. The Morgan fingerprint density at radius 1 is 1.30 bits per heavy atom. The van der Waals surface area contributed by atoms with Crippen LogP contribution in [0.4, 0.5) is 0 Å². The van der Waals surface area contributed by atoms with Crippen LogP contribution in [0.2, 0.25) is 0 Å². The van der Waals surface area contributed by atoms with Crippen LogP contribution in [0.25, 0.3) is 0 Å². The number of aromatic nitrogens is 2. The minimum absolute atomic E-state index is 0.119. The van der Waals surface area contributed by atoms with Gasteiger partial charge in [-0.2, -0.15) is 5.10 Å². The van der Waals surface area contributed by atoms with Gasteiger partial charge in [-0.05, 0) is 20.8 Å². The van der Waals surface area contributed by atoms with Gasteiger partial charge in [0.2, 0.25) is 0 Å². The van der Waals surface area contributed by atoms with E-state index in [0.717, 1.165) is 0 Å². The van der Waals surface area contributed by atoms with Crippen molar-refractivity contribution in [2.45, 2.75) is 26.9 Å². The average molecular weight is 284 g/mol. The molecule has 1 heterocycles. The van der Waals surface area contributed by atoms with Crippen molar-refractivity contribution in [3.05, 3.63) is 17.5 Å². The molecule has 0 amide bonds. The average Bonchev–Trinajstić information content (AvgIpc) is 2.71. The number of hydrogen-bond donors (Lipinski definition) is 1. The first-order chi connectivity index (χ1) is 9.43. The van der Waals surface area contributed by atoms with E-state index in [0.29, 0.717) is 11.3 Å². The quantitative estimate of drug-likeness (QED) is 0.604. The van der Waals surface area contributed by atoms with Crippen molar-refractivity contribution in [1.29, 1.82) is 0 Å². The monoisotopic (exact) mass is 284 g/mol. The van der Waals surface area contributed by atoms with Gasteiger partial charge in [-0.3, -0.25) is 14.3 Å². The summed E-state index contributed by atoms with van der Waals surface area (Å²) in [7, 11) is 1.70. The summed E-state index contributed by atoms with van der Waals surface area (Å²) in [5.74, 6) is -3.01. The molecule has 112 valence electrons. The maximum Gasteiger partial charge on any atom is 0.323 e. The Balaban J connectivity index is 3.06. The summed E-state index contributed by atoms with van der Waals surface area (Å²) in [4.78, 5) is 23.8. The number of aryl methyl sites for hydroxylation is 1. The van der Waals surface area contributed by atoms with Crippen LogP contribution in [0, 0.1) is 12.8 Å². The maximum atomic E-state index is 11.9. The topological polar surface area (TPSA) is 90.7 Å². The number of rotatable bonds is 6. The smallest absolute Gasteiger partial charge is 0.323 e. The Morgan fingerprint density at radius 3 is 2.15 bits per heavy atom. The third-order valence-corrected chi connectivity index (χ3v) is 2.99. The van der Waals surface area contributed by atoms with Crippen molar-refractivity contribution in [3.63, 3.8) is 0 Å². The number of ether oxygens (including phenoxy) is 2. The Kier molecular flexibility index (Phi) is 5.69. The molecule has 0 aliphatic heterocycles. The van der Waals surface area contributed by atoms with Crippen LogP contribution in [0.1, 0.15) is 31.2 Å². The van der Waals surface area contributed by atoms with Gasteiger partial charge in [0.05, 0.1) is 19.4 Å². The standard InChI is InChI=1S/C13H20N2O5/c1-5-19-12(17)10(13(18)20-6-2)11(16)9-7-14-15(4)8(9)3/h7,10-11,16H,5-6H2,1-4H3. The molecule has 0 fully saturated rings. The molecule has 1 aromatic heterocycles. The molecule has 0 saturated heterocycles. The molecule has 1 atom stereocenters. The maximum absolute atomic E-state index is 11.9. The largest absolute Gasteiger partial charge is 0.465 e. The Labute approximate surface area is 117 Å². The van der Waals surface area contributed by atoms with Crippen LogP contribution < -0.4 is 0 Å². The second-order valence-electron chi connectivity index (χ2n) is 4.24. The number of aliphatic hydroxyl groups is 1. The van der Waals surface area contributed by atoms with Crippen LogP contribution in [0.5, 0.6) is 0 Å². The lowest BCUT2D eigenvalue weighted by molar-refractivity contribution is -0.167. The molecule has 0 aliphatic carbocycles. The fourth-order valence-corrected chi connectivity index (χ4v) is 1.80. The second-order valence-corrected chi connectivity index (χ2v) is 4.24. The first-order valence-corrected chi connectivity index (χ1v) is 6.43. The van der Waals surface area contributed by atoms with Crippen LogP contribution in [0.15, 0.2) is 6.20 Å². The van der Waals surface area contributed by atoms with Crippen LogP contribution >= 0.6 is 0 Å². The van der Waals surface area contributed by atoms with E-state index < -0.39 is 24.0 Å². The highest BCUT2D eigenvalue weighted by Crippen LogP contribution is 2.26. The molecule has 0 saturated carbocycles. The molecule has 1 unspecified atom stereocenters. The lowest BCUT2D eigenvalue weighted by atomic mass is 9.96. The molecule has 1 aromatic rings. The van der Waals surface area contributed by atoms with E-state index in [9.17, 15) is 14.7 Å². The Hall–Kier alpha value is -1.89. The number of aliphatic hydroxyl groups excluding tert-OH is 1. The van der Waals surface area contributed by atoms with Crippen molar-refractivity contribution in [3.8, 4) is 0 Å². The van der Waals surface area contributed by atoms with Gasteiger partial charge in [0, 0.05) is 18.3 Å². The van der Waals surface area contributed by atoms with Crippen LogP contribution in [-0.2, 0) is 26.1 Å². The molecule has 1 rings (SSSR count). The van der Waals surface area contributed by atoms with E-state index in [2.05, 4.69) is 5.10 Å². The van der Waals surface area contributed by atoms with Gasteiger partial charge in [-0.1, -0.05) is 0 Å². The molecule has 7 heteroatoms. The summed E-state index contributed by atoms with van der Waals surface area (Å²) >= 11 is 0. The molecular weight excluding hydrogens is 264 g/mol. The van der Waals surface area contributed by atoms with Gasteiger partial charge in [0.25, 0.3) is 0 Å². The van der Waals surface area contributed by atoms with Crippen LogP contribution in [0.3, 0.4) is 0 Å². The third kappa shape index (κ3) is 3.36. The van der Waals surface area contributed by atoms with E-state index in [1.54, 1.807) is 32.5 Å². The number of carbonyl (C=O) groups is 2. The fourth-order valence-electron chi connectivity index (χ4n) is 1.80. The summed E-state index contributed by atoms with van der Waals surface area (Å²) in [5, 5.41) is 14.3. The Bertz CT molecular complexity index is 465. The minimum Gasteiger partial charge on any atom is -0.465 e. The normalized spacial score (nSPS) is 12.3. The molecule has 0 bridgehead atoms. The van der Waals surface area contributed by atoms with Crippen molar-refractivity contribution in [1.82, 2.24) is 9.78 Å². The number of carbonyl (C=O) groups excluding carboxylic acids is 2. The highest BCUT2D eigenvalue weighted by Gasteiger charge is 2.38. The number of hydrogen-bond acceptors (Lipinski definition) is 6. The summed E-state index contributed by atoms with van der Waals surface area (Å²) in [6.07, 6.45) is 0.0765. The second kappa shape index (κ2) is 7.04. The van der Waals surface area contributed by atoms with Gasteiger partial charge in [-0.15, -0.1) is 0 Å². The van der Waals surface area contributed by atoms with Gasteiger partial charge in [0.15, 0.2) is 5.92 Å². The van der Waals surface area contributed by atoms with E-state index in [-0.39, 0.29) is 13.2 Å². The van der Waals surface area contributed by atoms with Gasteiger partial charge in [-0.25, -0.2) is 0 Å². The van der Waals surface area contributed by atoms with Crippen LogP contribution in [-0.4, -0.2) is 40.0 Å². The molecule has 1 N–H and O–H groups in total. The molecule has 0 radical (unpaired) electrons. The highest BCUT2D eigenvalue weighted by atomic mass is 16.6. The molecular formula is C13H20N2O5. The summed E-state index contributed by atoms with van der Waals surface area (Å²) in [5.41, 5.74) is 1.06. The molecule has 0 spiro atoms. The Morgan fingerprint density at radius 2 is 1.80 bits per heavy atom. The zero-order chi connectivity index (χ0) is 15.3. The summed E-state index contributed by atoms with van der Waals surface area (Å²) < 4.78 is 11.2. The SMILES string of the molecule is CCOC(=O)C(C(=O)OCC)C(O)c1cnn(C)c1C. The number of nitrogens with zero attached hydrogens (tertiary/aromatic N) is 2. The van der Waals surface area contributed by atoms with E-state index >= 15 is 0 Å².